The first-order chi connectivity index (χ1) is 8.63. The lowest BCUT2D eigenvalue weighted by atomic mass is 10.2. The molecule has 0 amide bonds. The highest BCUT2D eigenvalue weighted by molar-refractivity contribution is 7.15. The van der Waals surface area contributed by atoms with Gasteiger partial charge in [0.2, 0.25) is 0 Å². The second-order valence-electron chi connectivity index (χ2n) is 3.80. The molecule has 0 fully saturated rings. The number of nitriles is 1. The van der Waals surface area contributed by atoms with Gasteiger partial charge in [-0.05, 0) is 31.5 Å². The Morgan fingerprint density at radius 1 is 1.50 bits per heavy atom. The second-order valence-corrected chi connectivity index (χ2v) is 5.44. The van der Waals surface area contributed by atoms with Crippen molar-refractivity contribution in [2.45, 2.75) is 20.3 Å². The van der Waals surface area contributed by atoms with E-state index in [1.54, 1.807) is 29.5 Å². The molecule has 0 spiro atoms. The molecule has 0 atom stereocenters. The third kappa shape index (κ3) is 2.63. The first-order valence-electron chi connectivity index (χ1n) is 5.57. The molecule has 1 aromatic carbocycles. The van der Waals surface area contributed by atoms with Gasteiger partial charge in [0.05, 0.1) is 16.9 Å². The Labute approximate surface area is 115 Å². The maximum absolute atomic E-state index is 9.04. The van der Waals surface area contributed by atoms with Crippen LogP contribution in [-0.2, 0) is 6.42 Å². The molecule has 1 aromatic heterocycles. The maximum Gasteiger partial charge on any atom is 0.187 e. The first-order valence-corrected chi connectivity index (χ1v) is 6.76. The summed E-state index contributed by atoms with van der Waals surface area (Å²) in [6.45, 7) is 4.12. The second kappa shape index (κ2) is 5.38. The van der Waals surface area contributed by atoms with Crippen LogP contribution in [-0.4, -0.2) is 4.98 Å². The van der Waals surface area contributed by atoms with Gasteiger partial charge in [0.15, 0.2) is 5.13 Å². The number of aromatic nitrogens is 1. The summed E-state index contributed by atoms with van der Waals surface area (Å²) in [6, 6.07) is 7.28. The van der Waals surface area contributed by atoms with Gasteiger partial charge in [0.1, 0.15) is 6.07 Å². The van der Waals surface area contributed by atoms with E-state index in [9.17, 15) is 0 Å². The van der Waals surface area contributed by atoms with E-state index >= 15 is 0 Å². The van der Waals surface area contributed by atoms with E-state index < -0.39 is 0 Å². The SMILES string of the molecule is CCc1nc(Nc2cc(Cl)ccc2C#N)sc1C. The summed E-state index contributed by atoms with van der Waals surface area (Å²) >= 11 is 7.52. The number of nitrogens with one attached hydrogen (secondary N) is 1. The van der Waals surface area contributed by atoms with Gasteiger partial charge < -0.3 is 5.32 Å². The highest BCUT2D eigenvalue weighted by Crippen LogP contribution is 2.28. The van der Waals surface area contributed by atoms with Crippen LogP contribution in [0.1, 0.15) is 23.1 Å². The molecule has 0 bridgehead atoms. The van der Waals surface area contributed by atoms with Crippen LogP contribution < -0.4 is 5.32 Å². The Kier molecular flexibility index (Phi) is 3.85. The zero-order valence-electron chi connectivity index (χ0n) is 10.1. The van der Waals surface area contributed by atoms with Crippen LogP contribution in [0.15, 0.2) is 18.2 Å². The van der Waals surface area contributed by atoms with Crippen molar-refractivity contribution in [3.8, 4) is 6.07 Å². The van der Waals surface area contributed by atoms with E-state index in [-0.39, 0.29) is 0 Å². The van der Waals surface area contributed by atoms with E-state index in [2.05, 4.69) is 23.3 Å². The Hall–Kier alpha value is -1.57. The third-order valence-electron chi connectivity index (χ3n) is 2.57. The number of hydrogen-bond acceptors (Lipinski definition) is 4. The largest absolute Gasteiger partial charge is 0.330 e. The lowest BCUT2D eigenvalue weighted by molar-refractivity contribution is 1.05. The van der Waals surface area contributed by atoms with Gasteiger partial charge in [-0.25, -0.2) is 4.98 Å². The quantitative estimate of drug-likeness (QED) is 0.911. The fourth-order valence-corrected chi connectivity index (χ4v) is 2.73. The number of anilines is 2. The summed E-state index contributed by atoms with van der Waals surface area (Å²) in [7, 11) is 0. The van der Waals surface area contributed by atoms with Crippen LogP contribution in [0.2, 0.25) is 5.02 Å². The van der Waals surface area contributed by atoms with E-state index in [0.29, 0.717) is 16.3 Å². The molecule has 2 rings (SSSR count). The van der Waals surface area contributed by atoms with Crippen LogP contribution in [0.25, 0.3) is 0 Å². The predicted molar refractivity (Wildman–Crippen MR) is 75.7 cm³/mol. The molecule has 5 heteroatoms. The number of halogens is 1. The fraction of sp³-hybridized carbons (Fsp3) is 0.231. The van der Waals surface area contributed by atoms with Gasteiger partial charge in [0, 0.05) is 9.90 Å². The van der Waals surface area contributed by atoms with Crippen molar-refractivity contribution in [1.29, 1.82) is 5.26 Å². The van der Waals surface area contributed by atoms with Crippen LogP contribution in [0.4, 0.5) is 10.8 Å². The number of benzene rings is 1. The van der Waals surface area contributed by atoms with Crippen molar-refractivity contribution < 1.29 is 0 Å². The van der Waals surface area contributed by atoms with E-state index in [4.69, 9.17) is 16.9 Å². The van der Waals surface area contributed by atoms with Gasteiger partial charge in [-0.15, -0.1) is 11.3 Å². The average Bonchev–Trinajstić information content (AvgIpc) is 2.70. The molecule has 18 heavy (non-hydrogen) atoms. The van der Waals surface area contributed by atoms with Crippen molar-refractivity contribution >= 4 is 33.8 Å². The minimum atomic E-state index is 0.560. The monoisotopic (exact) mass is 277 g/mol. The number of rotatable bonds is 3. The third-order valence-corrected chi connectivity index (χ3v) is 3.73. The molecule has 0 saturated carbocycles. The number of nitrogens with zero attached hydrogens (tertiary/aromatic N) is 2. The van der Waals surface area contributed by atoms with Crippen LogP contribution in [0.3, 0.4) is 0 Å². The van der Waals surface area contributed by atoms with Crippen molar-refractivity contribution in [2.75, 3.05) is 5.32 Å². The Balaban J connectivity index is 2.33. The number of aryl methyl sites for hydroxylation is 2. The van der Waals surface area contributed by atoms with Gasteiger partial charge in [-0.3, -0.25) is 0 Å². The summed E-state index contributed by atoms with van der Waals surface area (Å²) in [4.78, 5) is 5.68. The van der Waals surface area contributed by atoms with E-state index in [1.165, 1.54) is 4.88 Å². The predicted octanol–water partition coefficient (Wildman–Crippen LogP) is 4.28. The molecule has 0 unspecified atom stereocenters. The van der Waals surface area contributed by atoms with Crippen LogP contribution in [0, 0.1) is 18.3 Å². The van der Waals surface area contributed by atoms with Crippen molar-refractivity contribution in [3.63, 3.8) is 0 Å². The lowest BCUT2D eigenvalue weighted by Gasteiger charge is -2.05. The molecule has 0 saturated heterocycles. The van der Waals surface area contributed by atoms with Crippen LogP contribution >= 0.6 is 22.9 Å². The normalized spacial score (nSPS) is 10.1. The maximum atomic E-state index is 9.04. The number of thiazole rings is 1. The minimum Gasteiger partial charge on any atom is -0.330 e. The van der Waals surface area contributed by atoms with E-state index in [0.717, 1.165) is 17.2 Å². The molecule has 1 N–H and O–H groups in total. The Morgan fingerprint density at radius 3 is 2.89 bits per heavy atom. The van der Waals surface area contributed by atoms with Gasteiger partial charge in [-0.2, -0.15) is 5.26 Å². The summed E-state index contributed by atoms with van der Waals surface area (Å²) < 4.78 is 0. The zero-order valence-corrected chi connectivity index (χ0v) is 11.7. The smallest absolute Gasteiger partial charge is 0.187 e. The van der Waals surface area contributed by atoms with E-state index in [1.807, 2.05) is 6.92 Å². The molecule has 92 valence electrons. The molecule has 3 nitrogen and oxygen atoms in total. The molecule has 2 aromatic rings. The molecular formula is C13H12ClN3S. The van der Waals surface area contributed by atoms with Crippen molar-refractivity contribution in [1.82, 2.24) is 4.98 Å². The zero-order chi connectivity index (χ0) is 13.1. The molecular weight excluding hydrogens is 266 g/mol. The molecule has 0 radical (unpaired) electrons. The van der Waals surface area contributed by atoms with Crippen molar-refractivity contribution in [2.24, 2.45) is 0 Å². The molecule has 0 aliphatic rings. The number of hydrogen-bond donors (Lipinski definition) is 1. The van der Waals surface area contributed by atoms with Crippen molar-refractivity contribution in [3.05, 3.63) is 39.4 Å². The highest BCUT2D eigenvalue weighted by Gasteiger charge is 2.08. The topological polar surface area (TPSA) is 48.7 Å². The minimum absolute atomic E-state index is 0.560. The molecule has 0 aliphatic carbocycles. The molecule has 0 aliphatic heterocycles. The molecule has 1 heterocycles. The van der Waals surface area contributed by atoms with Gasteiger partial charge in [-0.1, -0.05) is 18.5 Å². The van der Waals surface area contributed by atoms with Gasteiger partial charge >= 0.3 is 0 Å². The van der Waals surface area contributed by atoms with Gasteiger partial charge in [0.25, 0.3) is 0 Å². The highest BCUT2D eigenvalue weighted by atomic mass is 35.5. The fourth-order valence-electron chi connectivity index (χ4n) is 1.64. The standard InChI is InChI=1S/C13H12ClN3S/c1-3-11-8(2)18-13(16-11)17-12-6-10(14)5-4-9(12)7-15/h4-6H,3H2,1-2H3,(H,16,17). The summed E-state index contributed by atoms with van der Waals surface area (Å²) in [5.74, 6) is 0. The summed E-state index contributed by atoms with van der Waals surface area (Å²) in [6.07, 6.45) is 0.907. The summed E-state index contributed by atoms with van der Waals surface area (Å²) in [5, 5.41) is 13.6. The Morgan fingerprint density at radius 2 is 2.28 bits per heavy atom. The Bertz CT molecular complexity index is 613. The first kappa shape index (κ1) is 12.9. The summed E-state index contributed by atoms with van der Waals surface area (Å²) in [5.41, 5.74) is 2.34. The van der Waals surface area contributed by atoms with Crippen LogP contribution in [0.5, 0.6) is 0 Å². The lowest BCUT2D eigenvalue weighted by Crippen LogP contribution is -1.93. The average molecular weight is 278 g/mol.